The van der Waals surface area contributed by atoms with Crippen molar-refractivity contribution >= 4 is 44.6 Å². The Balaban J connectivity index is 1.57. The number of sulfonamides is 1. The van der Waals surface area contributed by atoms with Gasteiger partial charge in [0.2, 0.25) is 10.0 Å². The Morgan fingerprint density at radius 1 is 0.941 bits per heavy atom. The van der Waals surface area contributed by atoms with Gasteiger partial charge in [-0.2, -0.15) is 0 Å². The van der Waals surface area contributed by atoms with E-state index in [-0.39, 0.29) is 43.9 Å². The summed E-state index contributed by atoms with van der Waals surface area (Å²) in [6, 6.07) is 6.22. The number of halogens is 2. The molecule has 1 fully saturated rings. The van der Waals surface area contributed by atoms with Crippen molar-refractivity contribution in [2.24, 2.45) is 0 Å². The zero-order valence-corrected chi connectivity index (χ0v) is 19.9. The van der Waals surface area contributed by atoms with Crippen LogP contribution in [0.2, 0.25) is 10.0 Å². The lowest BCUT2D eigenvalue weighted by Crippen LogP contribution is -2.36. The number of phenols is 1. The number of rotatable bonds is 7. The van der Waals surface area contributed by atoms with Gasteiger partial charge in [0.1, 0.15) is 22.1 Å². The normalized spacial score (nSPS) is 14.9. The Morgan fingerprint density at radius 2 is 1.59 bits per heavy atom. The lowest BCUT2D eigenvalue weighted by molar-refractivity contribution is 0.409. The Kier molecular flexibility index (Phi) is 6.77. The van der Waals surface area contributed by atoms with E-state index < -0.39 is 32.4 Å². The van der Waals surface area contributed by atoms with Crippen LogP contribution in [-0.2, 0) is 10.0 Å². The Bertz CT molecular complexity index is 1400. The summed E-state index contributed by atoms with van der Waals surface area (Å²) in [4.78, 5) is 22.3. The lowest BCUT2D eigenvalue weighted by Gasteiger charge is -2.23. The lowest BCUT2D eigenvalue weighted by atomic mass is 9.96. The predicted molar refractivity (Wildman–Crippen MR) is 128 cm³/mol. The fourth-order valence-electron chi connectivity index (χ4n) is 3.76. The number of ether oxygens (including phenoxy) is 1. The molecule has 0 heterocycles. The molecule has 0 atom stereocenters. The molecule has 0 spiro atoms. The molecule has 0 radical (unpaired) electrons. The molecule has 9 nitrogen and oxygen atoms in total. The third kappa shape index (κ3) is 4.85. The highest BCUT2D eigenvalue weighted by molar-refractivity contribution is 7.89. The van der Waals surface area contributed by atoms with Gasteiger partial charge in [-0.15, -0.1) is 0 Å². The zero-order chi connectivity index (χ0) is 24.6. The average molecular weight is 527 g/mol. The van der Waals surface area contributed by atoms with Crippen LogP contribution < -0.4 is 25.6 Å². The van der Waals surface area contributed by atoms with E-state index in [2.05, 4.69) is 10.0 Å². The minimum absolute atomic E-state index is 0.00243. The van der Waals surface area contributed by atoms with Crippen molar-refractivity contribution in [2.45, 2.75) is 43.0 Å². The first-order valence-electron chi connectivity index (χ1n) is 10.4. The molecule has 0 saturated heterocycles. The van der Waals surface area contributed by atoms with Crippen LogP contribution in [0.3, 0.4) is 0 Å². The molecule has 0 amide bonds. The fourth-order valence-corrected chi connectivity index (χ4v) is 5.74. The van der Waals surface area contributed by atoms with E-state index in [1.54, 1.807) is 0 Å². The minimum Gasteiger partial charge on any atom is -0.507 e. The molecule has 1 aliphatic rings. The highest BCUT2D eigenvalue weighted by Crippen LogP contribution is 2.41. The quantitative estimate of drug-likeness (QED) is 0.336. The molecule has 3 aromatic carbocycles. The Labute approximate surface area is 204 Å². The molecule has 4 rings (SSSR count). The summed E-state index contributed by atoms with van der Waals surface area (Å²) in [6.07, 6.45) is 4.40. The number of anilines is 2. The molecule has 180 valence electrons. The van der Waals surface area contributed by atoms with Crippen molar-refractivity contribution in [3.8, 4) is 23.0 Å². The van der Waals surface area contributed by atoms with Gasteiger partial charge in [-0.25, -0.2) is 13.1 Å². The van der Waals surface area contributed by atoms with Crippen LogP contribution in [0, 0.1) is 0 Å². The summed E-state index contributed by atoms with van der Waals surface area (Å²) in [7, 11) is -4.00. The number of hydrogen-bond donors (Lipinski definition) is 4. The third-order valence-corrected chi connectivity index (χ3v) is 7.63. The van der Waals surface area contributed by atoms with E-state index in [1.165, 1.54) is 30.3 Å². The molecule has 0 aromatic heterocycles. The number of aromatic hydroxyl groups is 2. The number of phenolic OH excluding ortho intramolecular Hbond substituents is 1. The second-order valence-electron chi connectivity index (χ2n) is 7.96. The summed E-state index contributed by atoms with van der Waals surface area (Å²) in [5.41, 5.74) is -1.92. The summed E-state index contributed by atoms with van der Waals surface area (Å²) >= 11 is 12.5. The monoisotopic (exact) mass is 526 g/mol. The molecule has 4 N–H and O–H groups in total. The Morgan fingerprint density at radius 3 is 2.21 bits per heavy atom. The summed E-state index contributed by atoms with van der Waals surface area (Å²) in [5, 5.41) is 22.3. The van der Waals surface area contributed by atoms with Gasteiger partial charge in [-0.1, -0.05) is 42.5 Å². The van der Waals surface area contributed by atoms with Crippen LogP contribution in [-0.4, -0.2) is 24.7 Å². The minimum atomic E-state index is -4.00. The molecule has 0 aliphatic heterocycles. The molecule has 1 aliphatic carbocycles. The van der Waals surface area contributed by atoms with Crippen molar-refractivity contribution in [2.75, 3.05) is 5.32 Å². The zero-order valence-electron chi connectivity index (χ0n) is 17.6. The highest BCUT2D eigenvalue weighted by atomic mass is 35.5. The van der Waals surface area contributed by atoms with Gasteiger partial charge in [-0.3, -0.25) is 9.59 Å². The topological polar surface area (TPSA) is 142 Å². The number of benzene rings is 2. The van der Waals surface area contributed by atoms with Crippen LogP contribution in [0.5, 0.6) is 23.0 Å². The number of nitrogens with one attached hydrogen (secondary N) is 2. The maximum Gasteiger partial charge on any atom is 0.271 e. The van der Waals surface area contributed by atoms with E-state index in [9.17, 15) is 28.2 Å². The third-order valence-electron chi connectivity index (χ3n) is 5.52. The van der Waals surface area contributed by atoms with Crippen molar-refractivity contribution in [1.82, 2.24) is 4.72 Å². The van der Waals surface area contributed by atoms with E-state index >= 15 is 0 Å². The first kappa shape index (κ1) is 24.3. The van der Waals surface area contributed by atoms with Crippen molar-refractivity contribution in [3.05, 3.63) is 60.8 Å². The predicted octanol–water partition coefficient (Wildman–Crippen LogP) is 4.15. The first-order chi connectivity index (χ1) is 16.1. The smallest absolute Gasteiger partial charge is 0.271 e. The average Bonchev–Trinajstić information content (AvgIpc) is 2.80. The highest BCUT2D eigenvalue weighted by Gasteiger charge is 2.26. The standard InChI is InChI=1S/C22H20Cl2N2O7S/c23-14-8-12(25-18-19(28)21(30)20(18)29)9-15(24)22(14)33-13-6-7-16(27)17(10-13)34(31,32)26-11-4-2-1-3-5-11/h6-11,25-28H,1-5H2. The molecular weight excluding hydrogens is 507 g/mol. The van der Waals surface area contributed by atoms with Crippen LogP contribution in [0.1, 0.15) is 32.1 Å². The molecule has 12 heteroatoms. The van der Waals surface area contributed by atoms with Gasteiger partial charge in [0.15, 0.2) is 11.5 Å². The summed E-state index contributed by atoms with van der Waals surface area (Å²) in [5.74, 6) is -1.05. The van der Waals surface area contributed by atoms with Gasteiger partial charge >= 0.3 is 0 Å². The maximum absolute atomic E-state index is 12.9. The maximum atomic E-state index is 12.9. The van der Waals surface area contributed by atoms with Crippen molar-refractivity contribution < 1.29 is 23.4 Å². The molecule has 0 bridgehead atoms. The second kappa shape index (κ2) is 9.46. The summed E-state index contributed by atoms with van der Waals surface area (Å²) in [6.45, 7) is 0. The largest absolute Gasteiger partial charge is 0.507 e. The molecular formula is C22H20Cl2N2O7S. The fraction of sp³-hybridized carbons (Fsp3) is 0.273. The van der Waals surface area contributed by atoms with Gasteiger partial charge in [0, 0.05) is 17.8 Å². The van der Waals surface area contributed by atoms with Crippen LogP contribution >= 0.6 is 23.2 Å². The van der Waals surface area contributed by atoms with Crippen LogP contribution in [0.25, 0.3) is 0 Å². The van der Waals surface area contributed by atoms with E-state index in [4.69, 9.17) is 27.9 Å². The van der Waals surface area contributed by atoms with Gasteiger partial charge in [-0.05, 0) is 37.1 Å². The van der Waals surface area contributed by atoms with E-state index in [0.29, 0.717) is 0 Å². The second-order valence-corrected chi connectivity index (χ2v) is 10.5. The number of hydrogen-bond acceptors (Lipinski definition) is 8. The van der Waals surface area contributed by atoms with Gasteiger partial charge < -0.3 is 20.3 Å². The van der Waals surface area contributed by atoms with Gasteiger partial charge in [0.05, 0.1) is 10.0 Å². The first-order valence-corrected chi connectivity index (χ1v) is 12.6. The molecule has 0 unspecified atom stereocenters. The van der Waals surface area contributed by atoms with Crippen LogP contribution in [0.4, 0.5) is 11.4 Å². The molecule has 3 aromatic rings. The van der Waals surface area contributed by atoms with Crippen molar-refractivity contribution in [1.29, 1.82) is 0 Å². The van der Waals surface area contributed by atoms with Gasteiger partial charge in [0.25, 0.3) is 10.9 Å². The molecule has 34 heavy (non-hydrogen) atoms. The summed E-state index contributed by atoms with van der Waals surface area (Å²) < 4.78 is 34.0. The SMILES string of the molecule is O=c1c(O)c(Nc2cc(Cl)c(Oc3ccc(O)c(S(=O)(=O)NC4CCCCC4)c3)c(Cl)c2)c1=O. The van der Waals surface area contributed by atoms with Crippen molar-refractivity contribution in [3.63, 3.8) is 0 Å². The van der Waals surface area contributed by atoms with E-state index in [1.807, 2.05) is 0 Å². The molecule has 1 saturated carbocycles. The Hall–Kier alpha value is -2.79. The van der Waals surface area contributed by atoms with Crippen LogP contribution in [0.15, 0.2) is 44.8 Å². The van der Waals surface area contributed by atoms with E-state index in [0.717, 1.165) is 32.1 Å².